The summed E-state index contributed by atoms with van der Waals surface area (Å²) in [5.74, 6) is 0.0397. The molecular weight excluding hydrogens is 318 g/mol. The van der Waals surface area contributed by atoms with Crippen LogP contribution in [0.15, 0.2) is 12.2 Å². The van der Waals surface area contributed by atoms with Crippen molar-refractivity contribution in [3.63, 3.8) is 0 Å². The summed E-state index contributed by atoms with van der Waals surface area (Å²) in [7, 11) is 0. The van der Waals surface area contributed by atoms with Crippen LogP contribution in [0.2, 0.25) is 0 Å². The van der Waals surface area contributed by atoms with Gasteiger partial charge in [-0.2, -0.15) is 0 Å². The molecule has 0 saturated heterocycles. The molecule has 5 heteroatoms. The fraction of sp³-hybridized carbons (Fsp3) is 0.800. The normalized spacial score (nSPS) is 18.6. The summed E-state index contributed by atoms with van der Waals surface area (Å²) in [6.07, 6.45) is 10.4. The number of carbonyl (C=O) groups excluding carboxylic acids is 2. The average molecular weight is 354 g/mol. The smallest absolute Gasteiger partial charge is 0.408 e. The highest BCUT2D eigenvalue weighted by atomic mass is 16.6. The second kappa shape index (κ2) is 10.5. The third kappa shape index (κ3) is 9.51. The lowest BCUT2D eigenvalue weighted by atomic mass is 9.84. The number of nitrogens with one attached hydrogen (secondary N) is 1. The molecule has 1 aliphatic carbocycles. The van der Waals surface area contributed by atoms with E-state index in [4.69, 9.17) is 9.47 Å². The van der Waals surface area contributed by atoms with Gasteiger partial charge in [-0.25, -0.2) is 4.79 Å². The van der Waals surface area contributed by atoms with Crippen LogP contribution < -0.4 is 5.32 Å². The number of carbonyl (C=O) groups is 2. The standard InChI is InChI=1S/C20H35NO4/c1-6-24-18(22)15(2)12-13-17(14-16-10-8-7-9-11-16)21-19(23)25-20(3,4)5/h12-13,15-17H,6-11,14H2,1-5H3,(H,21,23)/b13-12+/t15-,17+/m0/s1. The van der Waals surface area contributed by atoms with Crippen molar-refractivity contribution in [3.05, 3.63) is 12.2 Å². The van der Waals surface area contributed by atoms with Gasteiger partial charge < -0.3 is 14.8 Å². The molecule has 1 amide bonds. The Balaban J connectivity index is 2.68. The Hall–Kier alpha value is -1.52. The van der Waals surface area contributed by atoms with Crippen LogP contribution in [0.1, 0.15) is 73.1 Å². The molecule has 1 rings (SSSR count). The monoisotopic (exact) mass is 353 g/mol. The van der Waals surface area contributed by atoms with Gasteiger partial charge in [0, 0.05) is 0 Å². The SMILES string of the molecule is CCOC(=O)[C@@H](C)/C=C/[C@H](CC1CCCCC1)NC(=O)OC(C)(C)C. The van der Waals surface area contributed by atoms with E-state index in [0.29, 0.717) is 12.5 Å². The van der Waals surface area contributed by atoms with Crippen molar-refractivity contribution >= 4 is 12.1 Å². The van der Waals surface area contributed by atoms with Gasteiger partial charge in [-0.1, -0.05) is 44.3 Å². The third-order valence-corrected chi connectivity index (χ3v) is 4.30. The lowest BCUT2D eigenvalue weighted by Crippen LogP contribution is -2.39. The first-order chi connectivity index (χ1) is 11.7. The first-order valence-electron chi connectivity index (χ1n) is 9.55. The molecular formula is C20H35NO4. The van der Waals surface area contributed by atoms with Crippen LogP contribution >= 0.6 is 0 Å². The van der Waals surface area contributed by atoms with E-state index in [1.165, 1.54) is 32.1 Å². The number of hydrogen-bond acceptors (Lipinski definition) is 4. The zero-order valence-electron chi connectivity index (χ0n) is 16.5. The quantitative estimate of drug-likeness (QED) is 0.536. The van der Waals surface area contributed by atoms with Crippen LogP contribution in [0, 0.1) is 11.8 Å². The highest BCUT2D eigenvalue weighted by Crippen LogP contribution is 2.27. The molecule has 0 aromatic carbocycles. The Morgan fingerprint density at radius 2 is 1.80 bits per heavy atom. The van der Waals surface area contributed by atoms with Gasteiger partial charge in [0.1, 0.15) is 5.60 Å². The van der Waals surface area contributed by atoms with Gasteiger partial charge in [-0.3, -0.25) is 4.79 Å². The molecule has 0 heterocycles. The summed E-state index contributed by atoms with van der Waals surface area (Å²) in [5, 5.41) is 2.95. The number of ether oxygens (including phenoxy) is 2. The van der Waals surface area contributed by atoms with Crippen molar-refractivity contribution in [1.29, 1.82) is 0 Å². The molecule has 1 fully saturated rings. The Labute approximate surface area is 152 Å². The molecule has 25 heavy (non-hydrogen) atoms. The first-order valence-corrected chi connectivity index (χ1v) is 9.55. The average Bonchev–Trinajstić information content (AvgIpc) is 2.51. The van der Waals surface area contributed by atoms with Crippen LogP contribution in [-0.4, -0.2) is 30.3 Å². The van der Waals surface area contributed by atoms with Crippen molar-refractivity contribution in [2.24, 2.45) is 11.8 Å². The minimum Gasteiger partial charge on any atom is -0.466 e. The minimum absolute atomic E-state index is 0.130. The lowest BCUT2D eigenvalue weighted by Gasteiger charge is -2.27. The molecule has 0 bridgehead atoms. The first kappa shape index (κ1) is 21.5. The Kier molecular flexibility index (Phi) is 9.01. The van der Waals surface area contributed by atoms with Gasteiger partial charge in [0.25, 0.3) is 0 Å². The van der Waals surface area contributed by atoms with Gasteiger partial charge in [-0.05, 0) is 47.0 Å². The van der Waals surface area contributed by atoms with Crippen molar-refractivity contribution in [2.75, 3.05) is 6.61 Å². The van der Waals surface area contributed by atoms with E-state index >= 15 is 0 Å². The molecule has 144 valence electrons. The lowest BCUT2D eigenvalue weighted by molar-refractivity contribution is -0.145. The van der Waals surface area contributed by atoms with E-state index in [0.717, 1.165) is 6.42 Å². The summed E-state index contributed by atoms with van der Waals surface area (Å²) < 4.78 is 10.4. The fourth-order valence-corrected chi connectivity index (χ4v) is 3.08. The van der Waals surface area contributed by atoms with E-state index in [1.807, 2.05) is 32.9 Å². The van der Waals surface area contributed by atoms with Crippen molar-refractivity contribution in [2.45, 2.75) is 84.8 Å². The maximum absolute atomic E-state index is 12.1. The number of hydrogen-bond donors (Lipinski definition) is 1. The van der Waals surface area contributed by atoms with Gasteiger partial charge in [0.05, 0.1) is 18.6 Å². The van der Waals surface area contributed by atoms with Crippen molar-refractivity contribution in [1.82, 2.24) is 5.32 Å². The predicted octanol–water partition coefficient (Wildman–Crippen LogP) is 4.61. The van der Waals surface area contributed by atoms with E-state index < -0.39 is 11.7 Å². The zero-order chi connectivity index (χ0) is 18.9. The van der Waals surface area contributed by atoms with Crippen LogP contribution in [0.3, 0.4) is 0 Å². The summed E-state index contributed by atoms with van der Waals surface area (Å²) >= 11 is 0. The van der Waals surface area contributed by atoms with Crippen LogP contribution in [0.5, 0.6) is 0 Å². The van der Waals surface area contributed by atoms with E-state index in [-0.39, 0.29) is 17.9 Å². The highest BCUT2D eigenvalue weighted by molar-refractivity contribution is 5.74. The maximum Gasteiger partial charge on any atom is 0.408 e. The predicted molar refractivity (Wildman–Crippen MR) is 99.3 cm³/mol. The molecule has 1 N–H and O–H groups in total. The van der Waals surface area contributed by atoms with E-state index in [1.54, 1.807) is 13.8 Å². The summed E-state index contributed by atoms with van der Waals surface area (Å²) in [6, 6.07) is -0.130. The van der Waals surface area contributed by atoms with Crippen LogP contribution in [0.4, 0.5) is 4.79 Å². The molecule has 0 aromatic heterocycles. The molecule has 0 aliphatic heterocycles. The number of amides is 1. The molecule has 2 atom stereocenters. The van der Waals surface area contributed by atoms with Crippen molar-refractivity contribution < 1.29 is 19.1 Å². The Bertz CT molecular complexity index is 447. The van der Waals surface area contributed by atoms with E-state index in [2.05, 4.69) is 5.32 Å². The molecule has 0 spiro atoms. The number of alkyl carbamates (subject to hydrolysis) is 1. The fourth-order valence-electron chi connectivity index (χ4n) is 3.08. The number of esters is 1. The molecule has 1 saturated carbocycles. The number of rotatable bonds is 7. The van der Waals surface area contributed by atoms with Crippen LogP contribution in [-0.2, 0) is 14.3 Å². The maximum atomic E-state index is 12.1. The summed E-state index contributed by atoms with van der Waals surface area (Å²) in [6.45, 7) is 9.52. The second-order valence-corrected chi connectivity index (χ2v) is 7.92. The Morgan fingerprint density at radius 1 is 1.16 bits per heavy atom. The second-order valence-electron chi connectivity index (χ2n) is 7.92. The molecule has 5 nitrogen and oxygen atoms in total. The van der Waals surface area contributed by atoms with E-state index in [9.17, 15) is 9.59 Å². The van der Waals surface area contributed by atoms with Crippen LogP contribution in [0.25, 0.3) is 0 Å². The molecule has 0 unspecified atom stereocenters. The van der Waals surface area contributed by atoms with Crippen molar-refractivity contribution in [3.8, 4) is 0 Å². The molecule has 0 radical (unpaired) electrons. The summed E-state index contributed by atoms with van der Waals surface area (Å²) in [5.41, 5.74) is -0.526. The van der Waals surface area contributed by atoms with Gasteiger partial charge in [0.2, 0.25) is 0 Å². The Morgan fingerprint density at radius 3 is 2.36 bits per heavy atom. The van der Waals surface area contributed by atoms with Gasteiger partial charge in [0.15, 0.2) is 0 Å². The van der Waals surface area contributed by atoms with Gasteiger partial charge in [-0.15, -0.1) is 0 Å². The zero-order valence-corrected chi connectivity index (χ0v) is 16.5. The topological polar surface area (TPSA) is 64.6 Å². The minimum atomic E-state index is -0.526. The highest BCUT2D eigenvalue weighted by Gasteiger charge is 2.22. The third-order valence-electron chi connectivity index (χ3n) is 4.30. The largest absolute Gasteiger partial charge is 0.466 e. The van der Waals surface area contributed by atoms with Gasteiger partial charge >= 0.3 is 12.1 Å². The molecule has 0 aromatic rings. The molecule has 1 aliphatic rings. The summed E-state index contributed by atoms with van der Waals surface area (Å²) in [4.78, 5) is 23.9.